The van der Waals surface area contributed by atoms with Crippen LogP contribution in [0, 0.1) is 0 Å². The largest absolute Gasteiger partial charge is 0.521 e. The Bertz CT molecular complexity index is 1610. The van der Waals surface area contributed by atoms with Crippen LogP contribution in [0.5, 0.6) is 0 Å². The minimum Gasteiger partial charge on any atom is -0.314 e. The molecule has 0 unspecified atom stereocenters. The van der Waals surface area contributed by atoms with E-state index in [1.54, 1.807) is 0 Å². The van der Waals surface area contributed by atoms with Crippen molar-refractivity contribution in [1.29, 1.82) is 0 Å². The number of nitrogens with zero attached hydrogens (tertiary/aromatic N) is 4. The minimum absolute atomic E-state index is 1.17. The zero-order valence-corrected chi connectivity index (χ0v) is 24.3. The first-order valence-electron chi connectivity index (χ1n) is 14.1. The summed E-state index contributed by atoms with van der Waals surface area (Å²) < 4.78 is 10.5. The van der Waals surface area contributed by atoms with Crippen molar-refractivity contribution < 1.29 is 0 Å². The van der Waals surface area contributed by atoms with Gasteiger partial charge in [0.25, 0.3) is 0 Å². The summed E-state index contributed by atoms with van der Waals surface area (Å²) in [6.07, 6.45) is 6.64. The minimum atomic E-state index is -3.23. The summed E-state index contributed by atoms with van der Waals surface area (Å²) in [4.78, 5) is 0. The monoisotopic (exact) mass is 548 g/mol. The molecular weight excluding hydrogens is 517 g/mol. The molecule has 2 heterocycles. The van der Waals surface area contributed by atoms with E-state index < -0.39 is 8.72 Å². The maximum absolute atomic E-state index is 3.23. The Morgan fingerprint density at radius 1 is 0.463 bits per heavy atom. The average molecular weight is 549 g/mol. The number of hydrogen-bond donors (Lipinski definition) is 0. The normalized spacial score (nSPS) is 15.6. The van der Waals surface area contributed by atoms with E-state index in [-0.39, 0.29) is 0 Å². The summed E-state index contributed by atoms with van der Waals surface area (Å²) in [7, 11) is -3.23. The Morgan fingerprint density at radius 2 is 0.805 bits per heavy atom. The van der Waals surface area contributed by atoms with Gasteiger partial charge in [-0.15, -0.1) is 0 Å². The van der Waals surface area contributed by atoms with Crippen LogP contribution in [0.25, 0.3) is 0 Å². The van der Waals surface area contributed by atoms with Crippen LogP contribution >= 0.6 is 0 Å². The van der Waals surface area contributed by atoms with Gasteiger partial charge in [-0.05, 0) is 80.6 Å². The molecule has 2 aliphatic rings. The van der Waals surface area contributed by atoms with Gasteiger partial charge in [-0.25, -0.2) is 0 Å². The van der Waals surface area contributed by atoms with E-state index in [2.05, 4.69) is 190 Å². The fourth-order valence-electron chi connectivity index (χ4n) is 6.38. The van der Waals surface area contributed by atoms with Crippen LogP contribution in [0.1, 0.15) is 13.8 Å². The van der Waals surface area contributed by atoms with Crippen LogP contribution < -0.4 is 18.3 Å². The number of allylic oxidation sites excluding steroid dienone is 3. The van der Waals surface area contributed by atoms with Crippen molar-refractivity contribution in [3.8, 4) is 0 Å². The number of hydrogen-bond acceptors (Lipinski definition) is 4. The second-order valence-electron chi connectivity index (χ2n) is 10.1. The molecule has 0 bridgehead atoms. The Morgan fingerprint density at radius 3 is 1.17 bits per heavy atom. The molecule has 5 aromatic carbocycles. The maximum Gasteiger partial charge on any atom is 0.521 e. The molecule has 0 saturated heterocycles. The van der Waals surface area contributed by atoms with Crippen molar-refractivity contribution in [3.63, 3.8) is 0 Å². The van der Waals surface area contributed by atoms with Gasteiger partial charge in [0.05, 0.1) is 22.7 Å². The number of para-hydroxylation sites is 7. The Balaban J connectivity index is 1.68. The first kappa shape index (κ1) is 25.0. The molecule has 0 fully saturated rings. The van der Waals surface area contributed by atoms with Crippen molar-refractivity contribution in [1.82, 2.24) is 0 Å². The highest BCUT2D eigenvalue weighted by molar-refractivity contribution is 6.99. The maximum atomic E-state index is 2.63. The predicted molar refractivity (Wildman–Crippen MR) is 175 cm³/mol. The summed E-state index contributed by atoms with van der Waals surface area (Å²) >= 11 is 0. The Labute approximate surface area is 243 Å². The highest BCUT2D eigenvalue weighted by Crippen LogP contribution is 2.60. The smallest absolute Gasteiger partial charge is 0.314 e. The zero-order chi connectivity index (χ0) is 27.8. The first-order valence-corrected chi connectivity index (χ1v) is 15.9. The fraction of sp³-hybridized carbons (Fsp3) is 0.0556. The SMILES string of the molecule is CC=CC(=CC)N1c2ccccc2N(c2ccccc2)[Si]12N(c1ccccc1)c1ccccc1N2c1ccccc1. The lowest BCUT2D eigenvalue weighted by Gasteiger charge is -2.49. The number of rotatable bonds is 5. The van der Waals surface area contributed by atoms with Crippen molar-refractivity contribution in [2.45, 2.75) is 13.8 Å². The van der Waals surface area contributed by atoms with E-state index in [1.165, 1.54) is 45.5 Å². The first-order chi connectivity index (χ1) is 20.3. The van der Waals surface area contributed by atoms with Crippen LogP contribution in [0.3, 0.4) is 0 Å². The van der Waals surface area contributed by atoms with Gasteiger partial charge in [0.15, 0.2) is 0 Å². The molecule has 4 nitrogen and oxygen atoms in total. The van der Waals surface area contributed by atoms with Gasteiger partial charge in [-0.1, -0.05) is 91.0 Å². The summed E-state index contributed by atoms with van der Waals surface area (Å²) in [6.45, 7) is 4.25. The Kier molecular flexibility index (Phi) is 6.21. The molecule has 0 atom stereocenters. The fourth-order valence-corrected chi connectivity index (χ4v) is 11.7. The quantitative estimate of drug-likeness (QED) is 0.160. The molecule has 41 heavy (non-hydrogen) atoms. The lowest BCUT2D eigenvalue weighted by Crippen LogP contribution is -2.77. The number of fused-ring (bicyclic) bond motifs is 2. The van der Waals surface area contributed by atoms with Gasteiger partial charge in [0, 0.05) is 22.8 Å². The van der Waals surface area contributed by atoms with Crippen LogP contribution in [0.2, 0.25) is 0 Å². The van der Waals surface area contributed by atoms with Gasteiger partial charge in [-0.2, -0.15) is 0 Å². The van der Waals surface area contributed by atoms with Crippen LogP contribution in [-0.2, 0) is 0 Å². The third-order valence-corrected chi connectivity index (χ3v) is 12.3. The van der Waals surface area contributed by atoms with Gasteiger partial charge >= 0.3 is 8.72 Å². The van der Waals surface area contributed by atoms with E-state index in [1.807, 2.05) is 0 Å². The standard InChI is InChI=1S/C36H32N4Si/c1-3-18-29(4-2)37-33-25-14-15-26-34(33)38(30-19-8-5-9-20-30)41(37)39(31-21-10-6-11-22-31)35-27-16-17-28-36(35)40(41)32-23-12-7-13-24-32/h3-28H,1-2H3. The molecule has 0 aliphatic carbocycles. The van der Waals surface area contributed by atoms with E-state index >= 15 is 0 Å². The van der Waals surface area contributed by atoms with Gasteiger partial charge in [0.2, 0.25) is 0 Å². The third-order valence-electron chi connectivity index (χ3n) is 7.86. The van der Waals surface area contributed by atoms with E-state index in [9.17, 15) is 0 Å². The van der Waals surface area contributed by atoms with Crippen molar-refractivity contribution in [3.05, 3.63) is 163 Å². The molecule has 5 aromatic rings. The molecule has 200 valence electrons. The molecule has 7 rings (SSSR count). The lowest BCUT2D eigenvalue weighted by atomic mass is 10.2. The van der Waals surface area contributed by atoms with Gasteiger partial charge in [0.1, 0.15) is 0 Å². The average Bonchev–Trinajstić information content (AvgIpc) is 3.50. The van der Waals surface area contributed by atoms with E-state index in [0.717, 1.165) is 0 Å². The molecule has 0 N–H and O–H groups in total. The second kappa shape index (κ2) is 10.2. The van der Waals surface area contributed by atoms with Gasteiger partial charge < -0.3 is 18.3 Å². The molecule has 0 saturated carbocycles. The van der Waals surface area contributed by atoms with Crippen molar-refractivity contribution in [2.75, 3.05) is 18.3 Å². The molecule has 0 radical (unpaired) electrons. The zero-order valence-electron chi connectivity index (χ0n) is 23.3. The highest BCUT2D eigenvalue weighted by atomic mass is 28.4. The highest BCUT2D eigenvalue weighted by Gasteiger charge is 2.69. The molecule has 0 aromatic heterocycles. The van der Waals surface area contributed by atoms with Gasteiger partial charge in [-0.3, -0.25) is 0 Å². The third kappa shape index (κ3) is 3.66. The van der Waals surface area contributed by atoms with Crippen LogP contribution in [0.15, 0.2) is 163 Å². The molecule has 2 aliphatic heterocycles. The number of anilines is 7. The van der Waals surface area contributed by atoms with E-state index in [4.69, 9.17) is 0 Å². The summed E-state index contributed by atoms with van der Waals surface area (Å²) in [5.41, 5.74) is 9.46. The molecule has 1 spiro atoms. The molecular formula is C36H32N4Si. The number of benzene rings is 5. The Hall–Kier alpha value is -5.00. The summed E-state index contributed by atoms with van der Waals surface area (Å²) in [5.74, 6) is 0. The predicted octanol–water partition coefficient (Wildman–Crippen LogP) is 9.55. The van der Waals surface area contributed by atoms with Crippen LogP contribution in [-0.4, -0.2) is 8.72 Å². The summed E-state index contributed by atoms with van der Waals surface area (Å²) in [5, 5.41) is 0. The van der Waals surface area contributed by atoms with Crippen LogP contribution in [0.4, 0.5) is 39.8 Å². The topological polar surface area (TPSA) is 13.0 Å². The second-order valence-corrected chi connectivity index (χ2v) is 13.1. The lowest BCUT2D eigenvalue weighted by molar-refractivity contribution is 1.15. The van der Waals surface area contributed by atoms with Crippen molar-refractivity contribution in [2.24, 2.45) is 0 Å². The molecule has 5 heteroatoms. The van der Waals surface area contributed by atoms with Crippen molar-refractivity contribution >= 4 is 48.5 Å². The summed E-state index contributed by atoms with van der Waals surface area (Å²) in [6, 6.07) is 50.4. The molecule has 0 amide bonds. The van der Waals surface area contributed by atoms with E-state index in [0.29, 0.717) is 0 Å².